The van der Waals surface area contributed by atoms with Gasteiger partial charge in [0.1, 0.15) is 17.0 Å². The molecule has 3 aromatic rings. The fourth-order valence-corrected chi connectivity index (χ4v) is 2.91. The van der Waals surface area contributed by atoms with Crippen molar-refractivity contribution in [3.8, 4) is 0 Å². The first-order valence-corrected chi connectivity index (χ1v) is 7.69. The number of hydrogen-bond acceptors (Lipinski definition) is 5. The van der Waals surface area contributed by atoms with Gasteiger partial charge in [0.05, 0.1) is 0 Å². The summed E-state index contributed by atoms with van der Waals surface area (Å²) in [6.07, 6.45) is 1.55. The number of benzene rings is 2. The molecular weight excluding hydrogens is 292 g/mol. The Hall–Kier alpha value is -2.53. The molecule has 0 aliphatic heterocycles. The van der Waals surface area contributed by atoms with Gasteiger partial charge in [-0.25, -0.2) is 9.97 Å². The molecule has 0 amide bonds. The molecule has 4 nitrogen and oxygen atoms in total. The Labute approximate surface area is 134 Å². The predicted octanol–water partition coefficient (Wildman–Crippen LogP) is 3.98. The Balaban J connectivity index is 1.92. The lowest BCUT2D eigenvalue weighted by atomic mass is 10.3. The molecule has 0 aliphatic carbocycles. The van der Waals surface area contributed by atoms with Crippen LogP contribution in [-0.4, -0.2) is 17.0 Å². The quantitative estimate of drug-likeness (QED) is 0.739. The van der Waals surface area contributed by atoms with Gasteiger partial charge in [-0.1, -0.05) is 48.2 Å². The predicted molar refractivity (Wildman–Crippen MR) is 91.5 cm³/mol. The molecule has 0 atom stereocenters. The topological polar surface area (TPSA) is 55.0 Å². The molecular formula is C17H16N4S. The second-order valence-electron chi connectivity index (χ2n) is 4.73. The number of hydrogen-bond donors (Lipinski definition) is 1. The van der Waals surface area contributed by atoms with E-state index in [-0.39, 0.29) is 0 Å². The molecule has 0 unspecified atom stereocenters. The fourth-order valence-electron chi connectivity index (χ4n) is 2.09. The maximum atomic E-state index is 6.28. The molecule has 3 rings (SSSR count). The Kier molecular flexibility index (Phi) is 4.25. The van der Waals surface area contributed by atoms with E-state index in [4.69, 9.17) is 5.73 Å². The van der Waals surface area contributed by atoms with E-state index in [1.54, 1.807) is 6.33 Å². The Morgan fingerprint density at radius 2 is 1.55 bits per heavy atom. The summed E-state index contributed by atoms with van der Waals surface area (Å²) in [5, 5.41) is 0.763. The SMILES string of the molecule is CN(c1ccccc1)c1ncnc(Sc2ccccc2)c1N. The molecule has 0 saturated carbocycles. The van der Waals surface area contributed by atoms with Crippen molar-refractivity contribution in [3.63, 3.8) is 0 Å². The first-order chi connectivity index (χ1) is 10.8. The van der Waals surface area contributed by atoms with Gasteiger partial charge in [0.25, 0.3) is 0 Å². The van der Waals surface area contributed by atoms with E-state index in [0.717, 1.165) is 15.6 Å². The van der Waals surface area contributed by atoms with Crippen LogP contribution in [0.5, 0.6) is 0 Å². The van der Waals surface area contributed by atoms with Gasteiger partial charge in [-0.3, -0.25) is 0 Å². The molecule has 110 valence electrons. The van der Waals surface area contributed by atoms with E-state index in [2.05, 4.69) is 9.97 Å². The van der Waals surface area contributed by atoms with Crippen LogP contribution < -0.4 is 10.6 Å². The minimum absolute atomic E-state index is 0.586. The lowest BCUT2D eigenvalue weighted by Gasteiger charge is -2.20. The second kappa shape index (κ2) is 6.49. The van der Waals surface area contributed by atoms with Gasteiger partial charge < -0.3 is 10.6 Å². The first-order valence-electron chi connectivity index (χ1n) is 6.88. The molecule has 1 heterocycles. The third-order valence-corrected chi connectivity index (χ3v) is 4.27. The fraction of sp³-hybridized carbons (Fsp3) is 0.0588. The van der Waals surface area contributed by atoms with Crippen molar-refractivity contribution in [3.05, 3.63) is 67.0 Å². The van der Waals surface area contributed by atoms with Gasteiger partial charge >= 0.3 is 0 Å². The maximum Gasteiger partial charge on any atom is 0.160 e. The number of aromatic nitrogens is 2. The molecule has 1 aromatic heterocycles. The normalized spacial score (nSPS) is 10.4. The van der Waals surface area contributed by atoms with Crippen LogP contribution in [-0.2, 0) is 0 Å². The highest BCUT2D eigenvalue weighted by molar-refractivity contribution is 7.99. The van der Waals surface area contributed by atoms with Gasteiger partial charge in [0.15, 0.2) is 5.82 Å². The zero-order valence-corrected chi connectivity index (χ0v) is 13.0. The first kappa shape index (κ1) is 14.4. The summed E-state index contributed by atoms with van der Waals surface area (Å²) in [5.74, 6) is 0.708. The van der Waals surface area contributed by atoms with Crippen molar-refractivity contribution in [2.45, 2.75) is 9.92 Å². The molecule has 0 bridgehead atoms. The average Bonchev–Trinajstić information content (AvgIpc) is 2.58. The van der Waals surface area contributed by atoms with Crippen molar-refractivity contribution in [2.75, 3.05) is 17.7 Å². The minimum Gasteiger partial charge on any atom is -0.394 e. The average molecular weight is 308 g/mol. The molecule has 0 radical (unpaired) electrons. The van der Waals surface area contributed by atoms with Crippen molar-refractivity contribution in [1.82, 2.24) is 9.97 Å². The monoisotopic (exact) mass is 308 g/mol. The van der Waals surface area contributed by atoms with Crippen LogP contribution in [0.15, 0.2) is 76.9 Å². The number of rotatable bonds is 4. The van der Waals surface area contributed by atoms with Crippen molar-refractivity contribution < 1.29 is 0 Å². The van der Waals surface area contributed by atoms with Crippen LogP contribution in [0, 0.1) is 0 Å². The summed E-state index contributed by atoms with van der Waals surface area (Å²) in [7, 11) is 1.95. The summed E-state index contributed by atoms with van der Waals surface area (Å²) in [6, 6.07) is 20.1. The maximum absolute atomic E-state index is 6.28. The van der Waals surface area contributed by atoms with Crippen LogP contribution >= 0.6 is 11.8 Å². The summed E-state index contributed by atoms with van der Waals surface area (Å²) in [5.41, 5.74) is 7.90. The van der Waals surface area contributed by atoms with Crippen LogP contribution in [0.1, 0.15) is 0 Å². The number of nitrogen functional groups attached to an aromatic ring is 1. The largest absolute Gasteiger partial charge is 0.394 e. The third-order valence-electron chi connectivity index (χ3n) is 3.25. The van der Waals surface area contributed by atoms with E-state index in [1.807, 2.05) is 72.6 Å². The summed E-state index contributed by atoms with van der Waals surface area (Å²) < 4.78 is 0. The van der Waals surface area contributed by atoms with E-state index < -0.39 is 0 Å². The zero-order valence-electron chi connectivity index (χ0n) is 12.2. The Morgan fingerprint density at radius 1 is 0.909 bits per heavy atom. The van der Waals surface area contributed by atoms with Gasteiger partial charge in [-0.05, 0) is 24.3 Å². The van der Waals surface area contributed by atoms with Gasteiger partial charge in [0.2, 0.25) is 0 Å². The smallest absolute Gasteiger partial charge is 0.160 e. The van der Waals surface area contributed by atoms with Gasteiger partial charge in [-0.2, -0.15) is 0 Å². The highest BCUT2D eigenvalue weighted by atomic mass is 32.2. The standard InChI is InChI=1S/C17H16N4S/c1-21(13-8-4-2-5-9-13)16-15(18)17(20-12-19-16)22-14-10-6-3-7-11-14/h2-12H,18H2,1H3. The van der Waals surface area contributed by atoms with Crippen LogP contribution in [0.25, 0.3) is 0 Å². The third kappa shape index (κ3) is 3.04. The van der Waals surface area contributed by atoms with Crippen molar-refractivity contribution in [1.29, 1.82) is 0 Å². The molecule has 0 fully saturated rings. The summed E-state index contributed by atoms with van der Waals surface area (Å²) >= 11 is 1.54. The van der Waals surface area contributed by atoms with Crippen LogP contribution in [0.4, 0.5) is 17.2 Å². The molecule has 0 saturated heterocycles. The molecule has 2 N–H and O–H groups in total. The second-order valence-corrected chi connectivity index (χ2v) is 5.79. The van der Waals surface area contributed by atoms with Gasteiger partial charge in [-0.15, -0.1) is 0 Å². The van der Waals surface area contributed by atoms with Crippen molar-refractivity contribution in [2.24, 2.45) is 0 Å². The Bertz CT molecular complexity index is 747. The lowest BCUT2D eigenvalue weighted by molar-refractivity contribution is 1.02. The van der Waals surface area contributed by atoms with E-state index in [0.29, 0.717) is 11.5 Å². The van der Waals surface area contributed by atoms with Crippen LogP contribution in [0.2, 0.25) is 0 Å². The highest BCUT2D eigenvalue weighted by Gasteiger charge is 2.14. The molecule has 22 heavy (non-hydrogen) atoms. The molecule has 2 aromatic carbocycles. The van der Waals surface area contributed by atoms with Crippen LogP contribution in [0.3, 0.4) is 0 Å². The summed E-state index contributed by atoms with van der Waals surface area (Å²) in [4.78, 5) is 11.7. The lowest BCUT2D eigenvalue weighted by Crippen LogP contribution is -2.14. The molecule has 5 heteroatoms. The minimum atomic E-state index is 0.586. The van der Waals surface area contributed by atoms with E-state index in [9.17, 15) is 0 Å². The molecule has 0 spiro atoms. The highest BCUT2D eigenvalue weighted by Crippen LogP contribution is 2.35. The van der Waals surface area contributed by atoms with Gasteiger partial charge in [0, 0.05) is 17.6 Å². The Morgan fingerprint density at radius 3 is 2.23 bits per heavy atom. The van der Waals surface area contributed by atoms with E-state index >= 15 is 0 Å². The number of para-hydroxylation sites is 1. The number of nitrogens with two attached hydrogens (primary N) is 1. The van der Waals surface area contributed by atoms with Crippen molar-refractivity contribution >= 4 is 29.0 Å². The zero-order chi connectivity index (χ0) is 15.4. The van der Waals surface area contributed by atoms with E-state index in [1.165, 1.54) is 11.8 Å². The molecule has 0 aliphatic rings. The summed E-state index contributed by atoms with van der Waals surface area (Å²) in [6.45, 7) is 0. The number of nitrogens with zero attached hydrogens (tertiary/aromatic N) is 3. The number of anilines is 3.